The van der Waals surface area contributed by atoms with E-state index in [2.05, 4.69) is 20.9 Å². The predicted octanol–water partition coefficient (Wildman–Crippen LogP) is 3.83. The Bertz CT molecular complexity index is 1700. The van der Waals surface area contributed by atoms with Crippen LogP contribution in [0, 0.1) is 6.92 Å². The van der Waals surface area contributed by atoms with Crippen molar-refractivity contribution in [2.45, 2.75) is 45.0 Å². The smallest absolute Gasteiger partial charge is 0.251 e. The van der Waals surface area contributed by atoms with Gasteiger partial charge in [-0.1, -0.05) is 60.7 Å². The minimum absolute atomic E-state index is 0.0806. The second kappa shape index (κ2) is 15.3. The third-order valence-corrected chi connectivity index (χ3v) is 9.50. The molecule has 4 N–H and O–H groups in total. The molecule has 10 nitrogen and oxygen atoms in total. The van der Waals surface area contributed by atoms with Gasteiger partial charge in [-0.15, -0.1) is 11.3 Å². The van der Waals surface area contributed by atoms with E-state index in [4.69, 9.17) is 0 Å². The zero-order valence-corrected chi connectivity index (χ0v) is 27.4. The number of benzene rings is 3. The molecule has 0 bridgehead atoms. The summed E-state index contributed by atoms with van der Waals surface area (Å²) in [5.74, 6) is -1.02. The lowest BCUT2D eigenvalue weighted by Gasteiger charge is -2.25. The molecule has 1 aromatic heterocycles. The molecule has 1 heterocycles. The molecule has 0 saturated heterocycles. The Morgan fingerprint density at radius 2 is 1.56 bits per heavy atom. The fourth-order valence-electron chi connectivity index (χ4n) is 4.71. The van der Waals surface area contributed by atoms with Crippen molar-refractivity contribution in [3.05, 3.63) is 117 Å². The number of amides is 2. The number of anilines is 1. The zero-order chi connectivity index (χ0) is 32.6. The summed E-state index contributed by atoms with van der Waals surface area (Å²) in [5, 5.41) is 23.1. The third-order valence-electron chi connectivity index (χ3n) is 7.33. The average molecular weight is 650 g/mol. The van der Waals surface area contributed by atoms with Gasteiger partial charge in [0.05, 0.1) is 30.1 Å². The molecule has 0 aliphatic heterocycles. The van der Waals surface area contributed by atoms with Gasteiger partial charge >= 0.3 is 0 Å². The van der Waals surface area contributed by atoms with Crippen molar-refractivity contribution in [3.8, 4) is 0 Å². The predicted molar refractivity (Wildman–Crippen MR) is 178 cm³/mol. The number of rotatable bonds is 14. The van der Waals surface area contributed by atoms with Crippen LogP contribution in [0.1, 0.15) is 55.5 Å². The van der Waals surface area contributed by atoms with Crippen molar-refractivity contribution >= 4 is 38.9 Å². The molecule has 0 saturated carbocycles. The van der Waals surface area contributed by atoms with Crippen molar-refractivity contribution in [3.63, 3.8) is 0 Å². The summed E-state index contributed by atoms with van der Waals surface area (Å²) in [6.45, 7) is 4.42. The van der Waals surface area contributed by atoms with Crippen LogP contribution in [-0.4, -0.2) is 62.3 Å². The van der Waals surface area contributed by atoms with Crippen LogP contribution in [0.2, 0.25) is 0 Å². The summed E-state index contributed by atoms with van der Waals surface area (Å²) >= 11 is 1.53. The number of nitrogens with one attached hydrogen (secondary N) is 3. The third kappa shape index (κ3) is 9.69. The van der Waals surface area contributed by atoms with E-state index in [9.17, 15) is 23.1 Å². The lowest BCUT2D eigenvalue weighted by atomic mass is 10.00. The molecule has 0 unspecified atom stereocenters. The number of aromatic nitrogens is 1. The normalized spacial score (nSPS) is 13.4. The van der Waals surface area contributed by atoms with E-state index < -0.39 is 34.0 Å². The van der Waals surface area contributed by atoms with Gasteiger partial charge in [0.15, 0.2) is 0 Å². The number of aliphatic hydroxyl groups excluding tert-OH is 1. The number of aryl methyl sites for hydroxylation is 1. The maximum atomic E-state index is 13.7. The maximum absolute atomic E-state index is 13.7. The Hall–Kier alpha value is -4.10. The first-order valence-electron chi connectivity index (χ1n) is 14.5. The Morgan fingerprint density at radius 3 is 2.13 bits per heavy atom. The lowest BCUT2D eigenvalue weighted by molar-refractivity contribution is 0.0830. The monoisotopic (exact) mass is 649 g/mol. The fraction of sp³-hybridized carbons (Fsp3) is 0.303. The summed E-state index contributed by atoms with van der Waals surface area (Å²) in [5.41, 5.74) is 3.09. The number of hydrogen-bond acceptors (Lipinski definition) is 8. The molecule has 238 valence electrons. The zero-order valence-electron chi connectivity index (χ0n) is 25.7. The van der Waals surface area contributed by atoms with E-state index in [-0.39, 0.29) is 29.4 Å². The van der Waals surface area contributed by atoms with Gasteiger partial charge in [-0.25, -0.2) is 13.4 Å². The molecule has 0 spiro atoms. The highest BCUT2D eigenvalue weighted by Crippen LogP contribution is 2.22. The Labute approximate surface area is 268 Å². The lowest BCUT2D eigenvalue weighted by Crippen LogP contribution is -2.48. The van der Waals surface area contributed by atoms with Crippen molar-refractivity contribution < 1.29 is 23.1 Å². The highest BCUT2D eigenvalue weighted by molar-refractivity contribution is 7.92. The summed E-state index contributed by atoms with van der Waals surface area (Å²) in [6.07, 6.45) is 0.423. The fourth-order valence-corrected chi connectivity index (χ4v) is 5.94. The Kier molecular flexibility index (Phi) is 11.5. The van der Waals surface area contributed by atoms with Crippen molar-refractivity contribution in [2.75, 3.05) is 24.2 Å². The minimum Gasteiger partial charge on any atom is -0.390 e. The van der Waals surface area contributed by atoms with Crippen LogP contribution in [0.15, 0.2) is 84.2 Å². The van der Waals surface area contributed by atoms with E-state index in [0.29, 0.717) is 13.0 Å². The van der Waals surface area contributed by atoms with Gasteiger partial charge < -0.3 is 21.1 Å². The van der Waals surface area contributed by atoms with Crippen LogP contribution >= 0.6 is 11.3 Å². The van der Waals surface area contributed by atoms with Gasteiger partial charge in [0, 0.05) is 42.3 Å². The quantitative estimate of drug-likeness (QED) is 0.163. The molecule has 3 atom stereocenters. The van der Waals surface area contributed by atoms with E-state index in [1.165, 1.54) is 36.6 Å². The molecule has 12 heteroatoms. The number of carbonyl (C=O) groups excluding carboxylic acids is 2. The highest BCUT2D eigenvalue weighted by atomic mass is 32.2. The van der Waals surface area contributed by atoms with E-state index >= 15 is 0 Å². The maximum Gasteiger partial charge on any atom is 0.251 e. The molecule has 4 rings (SSSR count). The minimum atomic E-state index is -3.70. The average Bonchev–Trinajstić information content (AvgIpc) is 3.44. The molecule has 2 amide bonds. The van der Waals surface area contributed by atoms with Crippen molar-refractivity contribution in [1.82, 2.24) is 20.9 Å². The van der Waals surface area contributed by atoms with Crippen LogP contribution in [0.3, 0.4) is 0 Å². The molecular formula is C33H39N5O5S2. The molecule has 0 aliphatic carbocycles. The topological polar surface area (TPSA) is 141 Å². The van der Waals surface area contributed by atoms with Gasteiger partial charge in [-0.3, -0.25) is 13.9 Å². The Balaban J connectivity index is 1.58. The molecule has 0 radical (unpaired) electrons. The number of sulfonamides is 1. The van der Waals surface area contributed by atoms with Crippen LogP contribution in [-0.2, 0) is 23.0 Å². The van der Waals surface area contributed by atoms with Crippen LogP contribution in [0.4, 0.5) is 5.69 Å². The summed E-state index contributed by atoms with van der Waals surface area (Å²) in [7, 11) is -2.34. The first-order chi connectivity index (χ1) is 21.4. The first-order valence-corrected chi connectivity index (χ1v) is 17.2. The second-order valence-corrected chi connectivity index (χ2v) is 13.9. The van der Waals surface area contributed by atoms with Crippen LogP contribution < -0.4 is 20.3 Å². The first kappa shape index (κ1) is 33.8. The standard InChI is InChI=1S/C33H39N5O5S2/c1-22-21-44-31(35-22)20-34-19-30(39)29(15-24-11-7-5-8-12-24)37-33(41)27-16-26(17-28(18-27)38(3)45(4,42)43)32(40)36-23(2)25-13-9-6-10-14-25/h5-14,16-18,21,23,29-30,34,39H,15,19-20H2,1-4H3,(H,36,40)(H,37,41)/t23-,29+,30-/m1/s1. The van der Waals surface area contributed by atoms with Crippen LogP contribution in [0.25, 0.3) is 0 Å². The number of nitrogens with zero attached hydrogens (tertiary/aromatic N) is 2. The van der Waals surface area contributed by atoms with Crippen LogP contribution in [0.5, 0.6) is 0 Å². The number of hydrogen-bond donors (Lipinski definition) is 4. The van der Waals surface area contributed by atoms with Gasteiger partial charge in [0.2, 0.25) is 10.0 Å². The summed E-state index contributed by atoms with van der Waals surface area (Å²) in [6, 6.07) is 22.1. The van der Waals surface area contributed by atoms with Crippen molar-refractivity contribution in [2.24, 2.45) is 0 Å². The number of aliphatic hydroxyl groups is 1. The van der Waals surface area contributed by atoms with E-state index in [1.54, 1.807) is 0 Å². The molecular weight excluding hydrogens is 611 g/mol. The SMILES string of the molecule is Cc1csc(CNC[C@@H](O)[C@H](Cc2ccccc2)NC(=O)c2cc(C(=O)N[C@H](C)c3ccccc3)cc(N(C)S(C)(=O)=O)c2)n1. The molecule has 0 aliphatic rings. The molecule has 45 heavy (non-hydrogen) atoms. The molecule has 4 aromatic rings. The van der Waals surface area contributed by atoms with Gasteiger partial charge in [-0.2, -0.15) is 0 Å². The van der Waals surface area contributed by atoms with E-state index in [1.807, 2.05) is 79.9 Å². The molecule has 3 aromatic carbocycles. The van der Waals surface area contributed by atoms with Gasteiger partial charge in [0.25, 0.3) is 11.8 Å². The summed E-state index contributed by atoms with van der Waals surface area (Å²) < 4.78 is 25.8. The van der Waals surface area contributed by atoms with Gasteiger partial charge in [0.1, 0.15) is 5.01 Å². The highest BCUT2D eigenvalue weighted by Gasteiger charge is 2.25. The number of carbonyl (C=O) groups is 2. The Morgan fingerprint density at radius 1 is 0.956 bits per heavy atom. The molecule has 0 fully saturated rings. The largest absolute Gasteiger partial charge is 0.390 e. The van der Waals surface area contributed by atoms with E-state index in [0.717, 1.165) is 32.4 Å². The second-order valence-electron chi connectivity index (χ2n) is 11.0. The number of thiazole rings is 1. The van der Waals surface area contributed by atoms with Crippen molar-refractivity contribution in [1.29, 1.82) is 0 Å². The summed E-state index contributed by atoms with van der Waals surface area (Å²) in [4.78, 5) is 31.5. The van der Waals surface area contributed by atoms with Gasteiger partial charge in [-0.05, 0) is 49.6 Å².